The molecule has 0 fully saturated rings. The van der Waals surface area contributed by atoms with Gasteiger partial charge in [-0.3, -0.25) is 9.78 Å². The molecule has 0 radical (unpaired) electrons. The highest BCUT2D eigenvalue weighted by Crippen LogP contribution is 2.25. The zero-order valence-electron chi connectivity index (χ0n) is 12.3. The van der Waals surface area contributed by atoms with Crippen LogP contribution in [0, 0.1) is 0 Å². The summed E-state index contributed by atoms with van der Waals surface area (Å²) in [5.74, 6) is -0.239. The SMILES string of the molecule is COc1ccc2nccc(C(CN=[N+]=[N-])COC(C)=O)c2n1. The Bertz CT molecular complexity index is 727. The van der Waals surface area contributed by atoms with Gasteiger partial charge in [-0.2, -0.15) is 0 Å². The molecule has 0 aromatic carbocycles. The fourth-order valence-corrected chi connectivity index (χ4v) is 2.06. The molecular formula is C14H15N5O3. The maximum atomic E-state index is 11.0. The second kappa shape index (κ2) is 7.24. The van der Waals surface area contributed by atoms with Crippen molar-refractivity contribution in [3.05, 3.63) is 40.4 Å². The third-order valence-corrected chi connectivity index (χ3v) is 3.09. The van der Waals surface area contributed by atoms with Crippen LogP contribution < -0.4 is 4.74 Å². The molecule has 0 saturated carbocycles. The first-order chi connectivity index (χ1) is 10.7. The Labute approximate surface area is 126 Å². The lowest BCUT2D eigenvalue weighted by molar-refractivity contribution is -0.141. The lowest BCUT2D eigenvalue weighted by Gasteiger charge is -2.16. The van der Waals surface area contributed by atoms with Crippen molar-refractivity contribution in [2.45, 2.75) is 12.8 Å². The van der Waals surface area contributed by atoms with E-state index in [1.165, 1.54) is 14.0 Å². The van der Waals surface area contributed by atoms with Gasteiger partial charge in [0, 0.05) is 36.6 Å². The predicted octanol–water partition coefficient (Wildman–Crippen LogP) is 2.60. The molecule has 0 aliphatic heterocycles. The summed E-state index contributed by atoms with van der Waals surface area (Å²) in [6.07, 6.45) is 1.64. The van der Waals surface area contributed by atoms with Crippen molar-refractivity contribution < 1.29 is 14.3 Å². The molecule has 2 heterocycles. The Kier molecular flexibility index (Phi) is 5.11. The lowest BCUT2D eigenvalue weighted by atomic mass is 9.99. The van der Waals surface area contributed by atoms with Crippen LogP contribution in [0.3, 0.4) is 0 Å². The summed E-state index contributed by atoms with van der Waals surface area (Å²) in [6, 6.07) is 5.28. The van der Waals surface area contributed by atoms with Gasteiger partial charge < -0.3 is 9.47 Å². The average Bonchev–Trinajstić information content (AvgIpc) is 2.54. The van der Waals surface area contributed by atoms with Crippen LogP contribution in [0.2, 0.25) is 0 Å². The zero-order valence-corrected chi connectivity index (χ0v) is 12.3. The van der Waals surface area contributed by atoms with Crippen molar-refractivity contribution in [2.75, 3.05) is 20.3 Å². The number of carbonyl (C=O) groups is 1. The minimum absolute atomic E-state index is 0.104. The average molecular weight is 301 g/mol. The van der Waals surface area contributed by atoms with E-state index in [4.69, 9.17) is 15.0 Å². The molecular weight excluding hydrogens is 286 g/mol. The van der Waals surface area contributed by atoms with Gasteiger partial charge in [0.25, 0.3) is 0 Å². The molecule has 8 nitrogen and oxygen atoms in total. The lowest BCUT2D eigenvalue weighted by Crippen LogP contribution is -2.14. The topological polar surface area (TPSA) is 110 Å². The molecule has 0 aliphatic rings. The highest BCUT2D eigenvalue weighted by molar-refractivity contribution is 5.79. The van der Waals surface area contributed by atoms with Gasteiger partial charge in [0.05, 0.1) is 24.8 Å². The first kappa shape index (κ1) is 15.5. The molecule has 0 saturated heterocycles. The molecule has 0 bridgehead atoms. The van der Waals surface area contributed by atoms with E-state index in [-0.39, 0.29) is 19.1 Å². The van der Waals surface area contributed by atoms with Crippen molar-refractivity contribution >= 4 is 17.0 Å². The van der Waals surface area contributed by atoms with Crippen molar-refractivity contribution in [2.24, 2.45) is 5.11 Å². The quantitative estimate of drug-likeness (QED) is 0.352. The number of carbonyl (C=O) groups excluding carboxylic acids is 1. The van der Waals surface area contributed by atoms with Gasteiger partial charge in [0.1, 0.15) is 0 Å². The van der Waals surface area contributed by atoms with Crippen molar-refractivity contribution in [3.8, 4) is 5.88 Å². The Morgan fingerprint density at radius 2 is 2.27 bits per heavy atom. The number of pyridine rings is 2. The van der Waals surface area contributed by atoms with Crippen LogP contribution in [0.25, 0.3) is 21.5 Å². The summed E-state index contributed by atoms with van der Waals surface area (Å²) in [5, 5.41) is 3.59. The van der Waals surface area contributed by atoms with E-state index >= 15 is 0 Å². The summed E-state index contributed by atoms with van der Waals surface area (Å²) in [5.41, 5.74) is 10.6. The minimum Gasteiger partial charge on any atom is -0.481 e. The van der Waals surface area contributed by atoms with Crippen LogP contribution in [0.5, 0.6) is 5.88 Å². The summed E-state index contributed by atoms with van der Waals surface area (Å²) in [6.45, 7) is 1.59. The van der Waals surface area contributed by atoms with E-state index in [0.29, 0.717) is 16.9 Å². The zero-order chi connectivity index (χ0) is 15.9. The maximum Gasteiger partial charge on any atom is 0.302 e. The standard InChI is InChI=1S/C14H15N5O3/c1-9(20)22-8-10(7-17-19-15)11-5-6-16-12-3-4-13(21-2)18-14(11)12/h3-6,10H,7-8H2,1-2H3. The number of hydrogen-bond donors (Lipinski definition) is 0. The number of aromatic nitrogens is 2. The highest BCUT2D eigenvalue weighted by atomic mass is 16.5. The molecule has 2 aromatic heterocycles. The summed E-state index contributed by atoms with van der Waals surface area (Å²) >= 11 is 0. The van der Waals surface area contributed by atoms with Crippen molar-refractivity contribution in [3.63, 3.8) is 0 Å². The number of ether oxygens (including phenoxy) is 2. The number of nitrogens with zero attached hydrogens (tertiary/aromatic N) is 5. The number of rotatable bonds is 6. The van der Waals surface area contributed by atoms with Crippen LogP contribution in [0.15, 0.2) is 29.5 Å². The third-order valence-electron chi connectivity index (χ3n) is 3.09. The number of azide groups is 1. The summed E-state index contributed by atoms with van der Waals surface area (Å²) in [7, 11) is 1.53. The van der Waals surface area contributed by atoms with Crippen molar-refractivity contribution in [1.29, 1.82) is 0 Å². The molecule has 1 atom stereocenters. The summed E-state index contributed by atoms with van der Waals surface area (Å²) in [4.78, 5) is 22.4. The van der Waals surface area contributed by atoms with Crippen LogP contribution in [-0.2, 0) is 9.53 Å². The number of esters is 1. The summed E-state index contributed by atoms with van der Waals surface area (Å²) < 4.78 is 10.2. The molecule has 2 rings (SSSR count). The van der Waals surface area contributed by atoms with Crippen LogP contribution in [-0.4, -0.2) is 36.2 Å². The second-order valence-electron chi connectivity index (χ2n) is 4.53. The Morgan fingerprint density at radius 3 is 2.95 bits per heavy atom. The first-order valence-electron chi connectivity index (χ1n) is 6.59. The van der Waals surface area contributed by atoms with Crippen LogP contribution in [0.1, 0.15) is 18.4 Å². The molecule has 0 aliphatic carbocycles. The van der Waals surface area contributed by atoms with Gasteiger partial charge in [0.15, 0.2) is 0 Å². The Hall–Kier alpha value is -2.86. The van der Waals surface area contributed by atoms with Gasteiger partial charge in [0.2, 0.25) is 5.88 Å². The Balaban J connectivity index is 2.46. The van der Waals surface area contributed by atoms with E-state index in [1.54, 1.807) is 24.4 Å². The number of fused-ring (bicyclic) bond motifs is 1. The monoisotopic (exact) mass is 301 g/mol. The van der Waals surface area contributed by atoms with Gasteiger partial charge in [-0.1, -0.05) is 5.11 Å². The van der Waals surface area contributed by atoms with Gasteiger partial charge >= 0.3 is 5.97 Å². The molecule has 1 unspecified atom stereocenters. The van der Waals surface area contributed by atoms with E-state index < -0.39 is 5.97 Å². The fourth-order valence-electron chi connectivity index (χ4n) is 2.06. The molecule has 2 aromatic rings. The van der Waals surface area contributed by atoms with Crippen molar-refractivity contribution in [1.82, 2.24) is 9.97 Å². The highest BCUT2D eigenvalue weighted by Gasteiger charge is 2.17. The molecule has 0 amide bonds. The minimum atomic E-state index is -0.394. The number of hydrogen-bond acceptors (Lipinski definition) is 6. The predicted molar refractivity (Wildman–Crippen MR) is 79.5 cm³/mol. The van der Waals surface area contributed by atoms with E-state index in [2.05, 4.69) is 20.0 Å². The van der Waals surface area contributed by atoms with Gasteiger partial charge in [-0.05, 0) is 23.2 Å². The van der Waals surface area contributed by atoms with Gasteiger partial charge in [-0.15, -0.1) is 0 Å². The third kappa shape index (κ3) is 3.62. The van der Waals surface area contributed by atoms with E-state index in [0.717, 1.165) is 5.56 Å². The Morgan fingerprint density at radius 1 is 1.45 bits per heavy atom. The van der Waals surface area contributed by atoms with Crippen LogP contribution >= 0.6 is 0 Å². The van der Waals surface area contributed by atoms with Gasteiger partial charge in [-0.25, -0.2) is 4.98 Å². The molecule has 22 heavy (non-hydrogen) atoms. The molecule has 0 N–H and O–H groups in total. The first-order valence-corrected chi connectivity index (χ1v) is 6.59. The maximum absolute atomic E-state index is 11.0. The largest absolute Gasteiger partial charge is 0.481 e. The smallest absolute Gasteiger partial charge is 0.302 e. The molecule has 114 valence electrons. The normalized spacial score (nSPS) is 11.5. The molecule has 8 heteroatoms. The van der Waals surface area contributed by atoms with E-state index in [9.17, 15) is 4.79 Å². The van der Waals surface area contributed by atoms with E-state index in [1.807, 2.05) is 0 Å². The van der Waals surface area contributed by atoms with Crippen LogP contribution in [0.4, 0.5) is 0 Å². The molecule has 0 spiro atoms. The number of methoxy groups -OCH3 is 1. The fraction of sp³-hybridized carbons (Fsp3) is 0.357. The second-order valence-corrected chi connectivity index (χ2v) is 4.53.